The lowest BCUT2D eigenvalue weighted by atomic mass is 10.2. The highest BCUT2D eigenvalue weighted by Gasteiger charge is 2.15. The molecule has 20 heavy (non-hydrogen) atoms. The van der Waals surface area contributed by atoms with Crippen LogP contribution < -0.4 is 10.5 Å². The molecule has 0 aliphatic carbocycles. The quantitative estimate of drug-likeness (QED) is 0.866. The Kier molecular flexibility index (Phi) is 4.80. The lowest BCUT2D eigenvalue weighted by molar-refractivity contribution is 0.601. The van der Waals surface area contributed by atoms with Crippen LogP contribution >= 0.6 is 15.9 Å². The molecule has 0 unspecified atom stereocenters. The first kappa shape index (κ1) is 15.0. The van der Waals surface area contributed by atoms with Crippen molar-refractivity contribution in [2.45, 2.75) is 11.3 Å². The molecular formula is C14H15BrN2O2S. The average Bonchev–Trinajstić information content (AvgIpc) is 2.42. The van der Waals surface area contributed by atoms with Gasteiger partial charge in [-0.15, -0.1) is 0 Å². The Hall–Kier alpha value is -1.37. The summed E-state index contributed by atoms with van der Waals surface area (Å²) in [4.78, 5) is 0.231. The van der Waals surface area contributed by atoms with Crippen LogP contribution in [0.2, 0.25) is 0 Å². The predicted octanol–water partition coefficient (Wildman–Crippen LogP) is 2.75. The Balaban J connectivity index is 2.24. The topological polar surface area (TPSA) is 72.2 Å². The molecule has 0 aromatic heterocycles. The number of sulfonamides is 1. The minimum atomic E-state index is -3.58. The van der Waals surface area contributed by atoms with Crippen LogP contribution in [0.5, 0.6) is 0 Å². The van der Waals surface area contributed by atoms with Crippen LogP contribution in [0.15, 0.2) is 57.9 Å². The predicted molar refractivity (Wildman–Crippen MR) is 84.2 cm³/mol. The molecule has 0 aliphatic heterocycles. The Morgan fingerprint density at radius 1 is 1.05 bits per heavy atom. The molecule has 0 radical (unpaired) electrons. The highest BCUT2D eigenvalue weighted by Crippen LogP contribution is 2.24. The number of nitrogens with one attached hydrogen (secondary N) is 1. The van der Waals surface area contributed by atoms with Crippen molar-refractivity contribution in [2.75, 3.05) is 11.3 Å². The molecule has 0 aliphatic rings. The van der Waals surface area contributed by atoms with E-state index in [2.05, 4.69) is 20.7 Å². The molecule has 0 fully saturated rings. The number of nitrogens with two attached hydrogens (primary N) is 1. The van der Waals surface area contributed by atoms with E-state index in [9.17, 15) is 8.42 Å². The number of hydrogen-bond acceptors (Lipinski definition) is 3. The van der Waals surface area contributed by atoms with E-state index in [1.807, 2.05) is 6.07 Å². The maximum absolute atomic E-state index is 12.3. The minimum Gasteiger partial charge on any atom is -0.330 e. The normalized spacial score (nSPS) is 11.3. The van der Waals surface area contributed by atoms with Gasteiger partial charge in [-0.2, -0.15) is 0 Å². The van der Waals surface area contributed by atoms with Gasteiger partial charge in [0.25, 0.3) is 10.0 Å². The molecule has 106 valence electrons. The largest absolute Gasteiger partial charge is 0.330 e. The zero-order valence-electron chi connectivity index (χ0n) is 10.7. The fourth-order valence-corrected chi connectivity index (χ4v) is 3.34. The summed E-state index contributed by atoms with van der Waals surface area (Å²) in [5.41, 5.74) is 7.00. The van der Waals surface area contributed by atoms with Crippen molar-refractivity contribution in [3.8, 4) is 0 Å². The van der Waals surface area contributed by atoms with Crippen LogP contribution in [0.1, 0.15) is 5.56 Å². The van der Waals surface area contributed by atoms with E-state index in [-0.39, 0.29) is 4.90 Å². The third-order valence-corrected chi connectivity index (χ3v) is 4.86. The van der Waals surface area contributed by atoms with E-state index in [0.29, 0.717) is 16.7 Å². The van der Waals surface area contributed by atoms with Crippen LogP contribution in [-0.2, 0) is 16.4 Å². The number of halogens is 1. The number of rotatable bonds is 5. The summed E-state index contributed by atoms with van der Waals surface area (Å²) >= 11 is 3.31. The second kappa shape index (κ2) is 6.39. The third-order valence-electron chi connectivity index (χ3n) is 2.78. The fraction of sp³-hybridized carbons (Fsp3) is 0.143. The van der Waals surface area contributed by atoms with Gasteiger partial charge in [0, 0.05) is 4.47 Å². The van der Waals surface area contributed by atoms with Crippen molar-refractivity contribution >= 4 is 31.6 Å². The van der Waals surface area contributed by atoms with Gasteiger partial charge in [-0.1, -0.05) is 24.3 Å². The summed E-state index contributed by atoms with van der Waals surface area (Å²) < 4.78 is 27.8. The van der Waals surface area contributed by atoms with Crippen molar-refractivity contribution in [3.63, 3.8) is 0 Å². The summed E-state index contributed by atoms with van der Waals surface area (Å²) in [6, 6.07) is 13.8. The second-order valence-corrected chi connectivity index (χ2v) is 6.80. The summed E-state index contributed by atoms with van der Waals surface area (Å²) in [7, 11) is -3.58. The molecule has 0 bridgehead atoms. The number of hydrogen-bond donors (Lipinski definition) is 2. The van der Waals surface area contributed by atoms with Crippen LogP contribution in [0.4, 0.5) is 5.69 Å². The van der Waals surface area contributed by atoms with E-state index in [4.69, 9.17) is 5.73 Å². The van der Waals surface area contributed by atoms with Gasteiger partial charge in [0.1, 0.15) is 0 Å². The smallest absolute Gasteiger partial charge is 0.261 e. The first-order chi connectivity index (χ1) is 9.53. The van der Waals surface area contributed by atoms with Crippen LogP contribution in [0.3, 0.4) is 0 Å². The summed E-state index contributed by atoms with van der Waals surface area (Å²) in [6.45, 7) is 0.543. The highest BCUT2D eigenvalue weighted by atomic mass is 79.9. The Morgan fingerprint density at radius 2 is 1.70 bits per heavy atom. The standard InChI is InChI=1S/C14H15BrN2O2S/c15-13-3-1-2-4-14(13)17-20(18,19)12-7-5-11(6-8-12)9-10-16/h1-8,17H,9-10,16H2. The molecule has 6 heteroatoms. The van der Waals surface area contributed by atoms with Crippen LogP contribution in [0.25, 0.3) is 0 Å². The van der Waals surface area contributed by atoms with Gasteiger partial charge in [-0.05, 0) is 58.7 Å². The lowest BCUT2D eigenvalue weighted by Gasteiger charge is -2.10. The summed E-state index contributed by atoms with van der Waals surface area (Å²) in [5, 5.41) is 0. The molecule has 0 atom stereocenters. The van der Waals surface area contributed by atoms with Gasteiger partial charge in [-0.25, -0.2) is 8.42 Å². The number of benzene rings is 2. The van der Waals surface area contributed by atoms with Gasteiger partial charge in [-0.3, -0.25) is 4.72 Å². The fourth-order valence-electron chi connectivity index (χ4n) is 1.75. The first-order valence-electron chi connectivity index (χ1n) is 6.09. The number of para-hydroxylation sites is 1. The SMILES string of the molecule is NCCc1ccc(S(=O)(=O)Nc2ccccc2Br)cc1. The molecule has 0 heterocycles. The average molecular weight is 355 g/mol. The molecule has 2 rings (SSSR count). The van der Waals surface area contributed by atoms with Gasteiger partial charge >= 0.3 is 0 Å². The second-order valence-electron chi connectivity index (χ2n) is 4.27. The van der Waals surface area contributed by atoms with Crippen molar-refractivity contribution in [1.29, 1.82) is 0 Å². The van der Waals surface area contributed by atoms with Crippen LogP contribution in [-0.4, -0.2) is 15.0 Å². The zero-order valence-corrected chi connectivity index (χ0v) is 13.1. The monoisotopic (exact) mass is 354 g/mol. The van der Waals surface area contributed by atoms with E-state index < -0.39 is 10.0 Å². The molecule has 0 spiro atoms. The third kappa shape index (κ3) is 3.59. The summed E-state index contributed by atoms with van der Waals surface area (Å²) in [6.07, 6.45) is 0.734. The molecule has 0 amide bonds. The Morgan fingerprint density at radius 3 is 2.30 bits per heavy atom. The van der Waals surface area contributed by atoms with E-state index >= 15 is 0 Å². The van der Waals surface area contributed by atoms with Gasteiger partial charge < -0.3 is 5.73 Å². The van der Waals surface area contributed by atoms with Crippen molar-refractivity contribution < 1.29 is 8.42 Å². The molecular weight excluding hydrogens is 340 g/mol. The van der Waals surface area contributed by atoms with Gasteiger partial charge in [0.2, 0.25) is 0 Å². The van der Waals surface area contributed by atoms with Crippen molar-refractivity contribution in [2.24, 2.45) is 5.73 Å². The minimum absolute atomic E-state index is 0.231. The van der Waals surface area contributed by atoms with E-state index in [1.54, 1.807) is 42.5 Å². The van der Waals surface area contributed by atoms with Gasteiger partial charge in [0.15, 0.2) is 0 Å². The highest BCUT2D eigenvalue weighted by molar-refractivity contribution is 9.10. The maximum atomic E-state index is 12.3. The molecule has 0 saturated heterocycles. The molecule has 4 nitrogen and oxygen atoms in total. The molecule has 3 N–H and O–H groups in total. The summed E-state index contributed by atoms with van der Waals surface area (Å²) in [5.74, 6) is 0. The van der Waals surface area contributed by atoms with E-state index in [1.165, 1.54) is 0 Å². The molecule has 2 aromatic carbocycles. The first-order valence-corrected chi connectivity index (χ1v) is 8.37. The molecule has 2 aromatic rings. The Bertz CT molecular complexity index is 685. The Labute approximate surface area is 127 Å². The zero-order chi connectivity index (χ0) is 14.6. The van der Waals surface area contributed by atoms with Crippen LogP contribution in [0, 0.1) is 0 Å². The van der Waals surface area contributed by atoms with Crippen molar-refractivity contribution in [3.05, 3.63) is 58.6 Å². The lowest BCUT2D eigenvalue weighted by Crippen LogP contribution is -2.13. The van der Waals surface area contributed by atoms with Gasteiger partial charge in [0.05, 0.1) is 10.6 Å². The van der Waals surface area contributed by atoms with E-state index in [0.717, 1.165) is 12.0 Å². The number of anilines is 1. The maximum Gasteiger partial charge on any atom is 0.261 e. The van der Waals surface area contributed by atoms with Crippen molar-refractivity contribution in [1.82, 2.24) is 0 Å². The molecule has 0 saturated carbocycles.